The first kappa shape index (κ1) is 15.6. The Labute approximate surface area is 125 Å². The third-order valence-corrected chi connectivity index (χ3v) is 4.07. The van der Waals surface area contributed by atoms with Gasteiger partial charge in [0.05, 0.1) is 5.69 Å². The average Bonchev–Trinajstić information content (AvgIpc) is 2.53. The van der Waals surface area contributed by atoms with Crippen molar-refractivity contribution in [3.63, 3.8) is 0 Å². The Kier molecular flexibility index (Phi) is 5.42. The van der Waals surface area contributed by atoms with E-state index in [0.717, 1.165) is 12.8 Å². The molecule has 0 atom stereocenters. The Balaban J connectivity index is 1.88. The predicted octanol–water partition coefficient (Wildman–Crippen LogP) is 2.85. The monoisotopic (exact) mass is 293 g/mol. The van der Waals surface area contributed by atoms with E-state index in [1.54, 1.807) is 12.1 Å². The zero-order chi connectivity index (χ0) is 15.2. The van der Waals surface area contributed by atoms with Gasteiger partial charge in [-0.1, -0.05) is 26.0 Å². The number of halogens is 1. The van der Waals surface area contributed by atoms with Gasteiger partial charge in [-0.05, 0) is 25.0 Å². The average molecular weight is 293 g/mol. The maximum atomic E-state index is 13.8. The second-order valence-corrected chi connectivity index (χ2v) is 5.39. The van der Waals surface area contributed by atoms with E-state index in [1.165, 1.54) is 6.07 Å². The van der Waals surface area contributed by atoms with Crippen LogP contribution in [0.3, 0.4) is 0 Å². The molecular weight excluding hydrogens is 269 g/mol. The molecule has 21 heavy (non-hydrogen) atoms. The van der Waals surface area contributed by atoms with Crippen LogP contribution in [0.25, 0.3) is 0 Å². The standard InChI is InChI=1S/C16H24FN3O/c1-3-13(4-2)18-16(21)20-11-9-19(10-12-20)15-8-6-5-7-14(15)17/h5-8,13H,3-4,9-12H2,1-2H3,(H,18,21). The molecule has 116 valence electrons. The second kappa shape index (κ2) is 7.29. The lowest BCUT2D eigenvalue weighted by molar-refractivity contribution is 0.189. The Morgan fingerprint density at radius 1 is 1.19 bits per heavy atom. The van der Waals surface area contributed by atoms with Gasteiger partial charge in [0.2, 0.25) is 0 Å². The van der Waals surface area contributed by atoms with E-state index in [4.69, 9.17) is 0 Å². The first-order valence-electron chi connectivity index (χ1n) is 7.70. The predicted molar refractivity (Wildman–Crippen MR) is 83.1 cm³/mol. The number of carbonyl (C=O) groups excluding carboxylic acids is 1. The third-order valence-electron chi connectivity index (χ3n) is 4.07. The number of piperazine rings is 1. The van der Waals surface area contributed by atoms with Gasteiger partial charge in [0, 0.05) is 32.2 Å². The number of hydrogen-bond acceptors (Lipinski definition) is 2. The van der Waals surface area contributed by atoms with Crippen LogP contribution >= 0.6 is 0 Å². The highest BCUT2D eigenvalue weighted by atomic mass is 19.1. The van der Waals surface area contributed by atoms with E-state index < -0.39 is 0 Å². The van der Waals surface area contributed by atoms with Crippen molar-refractivity contribution >= 4 is 11.7 Å². The quantitative estimate of drug-likeness (QED) is 0.926. The molecule has 4 nitrogen and oxygen atoms in total. The lowest BCUT2D eigenvalue weighted by Crippen LogP contribution is -2.53. The molecule has 1 saturated heterocycles. The maximum Gasteiger partial charge on any atom is 0.317 e. The van der Waals surface area contributed by atoms with Gasteiger partial charge in [-0.3, -0.25) is 0 Å². The first-order valence-corrected chi connectivity index (χ1v) is 7.70. The molecule has 0 spiro atoms. The Morgan fingerprint density at radius 3 is 2.38 bits per heavy atom. The number of hydrogen-bond donors (Lipinski definition) is 1. The molecule has 1 heterocycles. The minimum atomic E-state index is -0.201. The van der Waals surface area contributed by atoms with Gasteiger partial charge in [0.25, 0.3) is 0 Å². The number of benzene rings is 1. The molecule has 1 aromatic carbocycles. The molecular formula is C16H24FN3O. The molecule has 1 fully saturated rings. The van der Waals surface area contributed by atoms with Crippen LogP contribution in [0, 0.1) is 5.82 Å². The topological polar surface area (TPSA) is 35.6 Å². The molecule has 0 saturated carbocycles. The highest BCUT2D eigenvalue weighted by Crippen LogP contribution is 2.20. The molecule has 2 rings (SSSR count). The summed E-state index contributed by atoms with van der Waals surface area (Å²) in [6.45, 7) is 6.73. The zero-order valence-corrected chi connectivity index (χ0v) is 12.8. The fraction of sp³-hybridized carbons (Fsp3) is 0.562. The van der Waals surface area contributed by atoms with Gasteiger partial charge in [0.15, 0.2) is 0 Å². The number of carbonyl (C=O) groups is 1. The number of para-hydroxylation sites is 1. The van der Waals surface area contributed by atoms with E-state index in [1.807, 2.05) is 15.9 Å². The van der Waals surface area contributed by atoms with Crippen molar-refractivity contribution < 1.29 is 9.18 Å². The summed E-state index contributed by atoms with van der Waals surface area (Å²) in [6, 6.07) is 7.03. The number of nitrogens with zero attached hydrogens (tertiary/aromatic N) is 2. The minimum Gasteiger partial charge on any atom is -0.366 e. The molecule has 1 aromatic rings. The lowest BCUT2D eigenvalue weighted by atomic mass is 10.2. The van der Waals surface area contributed by atoms with E-state index in [2.05, 4.69) is 19.2 Å². The molecule has 1 aliphatic rings. The zero-order valence-electron chi connectivity index (χ0n) is 12.8. The molecule has 1 aliphatic heterocycles. The van der Waals surface area contributed by atoms with Crippen molar-refractivity contribution in [3.8, 4) is 0 Å². The second-order valence-electron chi connectivity index (χ2n) is 5.39. The van der Waals surface area contributed by atoms with Gasteiger partial charge in [-0.2, -0.15) is 0 Å². The SMILES string of the molecule is CCC(CC)NC(=O)N1CCN(c2ccccc2F)CC1. The van der Waals surface area contributed by atoms with E-state index in [9.17, 15) is 9.18 Å². The molecule has 2 amide bonds. The van der Waals surface area contributed by atoms with Crippen molar-refractivity contribution in [2.45, 2.75) is 32.7 Å². The van der Waals surface area contributed by atoms with Crippen molar-refractivity contribution in [2.75, 3.05) is 31.1 Å². The van der Waals surface area contributed by atoms with Crippen molar-refractivity contribution in [3.05, 3.63) is 30.1 Å². The van der Waals surface area contributed by atoms with Gasteiger partial charge in [-0.25, -0.2) is 9.18 Å². The maximum absolute atomic E-state index is 13.8. The van der Waals surface area contributed by atoms with Crippen LogP contribution < -0.4 is 10.2 Å². The molecule has 0 radical (unpaired) electrons. The third kappa shape index (κ3) is 3.86. The lowest BCUT2D eigenvalue weighted by Gasteiger charge is -2.36. The summed E-state index contributed by atoms with van der Waals surface area (Å²) < 4.78 is 13.8. The van der Waals surface area contributed by atoms with Gasteiger partial charge in [0.1, 0.15) is 5.82 Å². The Hall–Kier alpha value is -1.78. The smallest absolute Gasteiger partial charge is 0.317 e. The largest absolute Gasteiger partial charge is 0.366 e. The summed E-state index contributed by atoms with van der Waals surface area (Å²) in [4.78, 5) is 16.0. The Morgan fingerprint density at radius 2 is 1.81 bits per heavy atom. The van der Waals surface area contributed by atoms with E-state index >= 15 is 0 Å². The summed E-state index contributed by atoms with van der Waals surface area (Å²) in [5.41, 5.74) is 0.623. The van der Waals surface area contributed by atoms with Crippen molar-refractivity contribution in [2.24, 2.45) is 0 Å². The van der Waals surface area contributed by atoms with E-state index in [0.29, 0.717) is 31.9 Å². The number of rotatable bonds is 4. The van der Waals surface area contributed by atoms with Crippen LogP contribution in [0.1, 0.15) is 26.7 Å². The van der Waals surface area contributed by atoms with Gasteiger partial charge < -0.3 is 15.1 Å². The molecule has 1 N–H and O–H groups in total. The normalized spacial score (nSPS) is 15.4. The molecule has 5 heteroatoms. The fourth-order valence-electron chi connectivity index (χ4n) is 2.62. The molecule has 0 aliphatic carbocycles. The van der Waals surface area contributed by atoms with Crippen LogP contribution in [0.5, 0.6) is 0 Å². The van der Waals surface area contributed by atoms with Crippen LogP contribution in [-0.2, 0) is 0 Å². The van der Waals surface area contributed by atoms with Crippen LogP contribution in [0.4, 0.5) is 14.9 Å². The van der Waals surface area contributed by atoms with Crippen LogP contribution in [-0.4, -0.2) is 43.2 Å². The summed E-state index contributed by atoms with van der Waals surface area (Å²) >= 11 is 0. The van der Waals surface area contributed by atoms with Crippen molar-refractivity contribution in [1.82, 2.24) is 10.2 Å². The Bertz CT molecular complexity index is 468. The minimum absolute atomic E-state index is 0.00289. The molecule has 0 unspecified atom stereocenters. The summed E-state index contributed by atoms with van der Waals surface area (Å²) in [5.74, 6) is -0.201. The highest BCUT2D eigenvalue weighted by Gasteiger charge is 2.23. The fourth-order valence-corrected chi connectivity index (χ4v) is 2.62. The summed E-state index contributed by atoms with van der Waals surface area (Å²) in [7, 11) is 0. The van der Waals surface area contributed by atoms with Crippen molar-refractivity contribution in [1.29, 1.82) is 0 Å². The van der Waals surface area contributed by atoms with Crippen LogP contribution in [0.15, 0.2) is 24.3 Å². The first-order chi connectivity index (χ1) is 10.2. The van der Waals surface area contributed by atoms with Gasteiger partial charge >= 0.3 is 6.03 Å². The van der Waals surface area contributed by atoms with Crippen LogP contribution in [0.2, 0.25) is 0 Å². The molecule has 0 bridgehead atoms. The highest BCUT2D eigenvalue weighted by molar-refractivity contribution is 5.75. The number of amides is 2. The van der Waals surface area contributed by atoms with Gasteiger partial charge in [-0.15, -0.1) is 0 Å². The number of urea groups is 1. The summed E-state index contributed by atoms with van der Waals surface area (Å²) in [6.07, 6.45) is 1.88. The number of nitrogens with one attached hydrogen (secondary N) is 1. The number of anilines is 1. The molecule has 0 aromatic heterocycles. The van der Waals surface area contributed by atoms with E-state index in [-0.39, 0.29) is 17.9 Å². The summed E-state index contributed by atoms with van der Waals surface area (Å²) in [5, 5.41) is 3.05.